The highest BCUT2D eigenvalue weighted by molar-refractivity contribution is 8.00. The number of thioether (sulfide) groups is 1. The number of benzene rings is 2. The van der Waals surface area contributed by atoms with Gasteiger partial charge in [0.1, 0.15) is 11.6 Å². The van der Waals surface area contributed by atoms with Crippen molar-refractivity contribution in [3.05, 3.63) is 53.3 Å². The maximum absolute atomic E-state index is 13.6. The molecular formula is C16H15ClFNO2S. The molecule has 0 aliphatic heterocycles. The molecule has 1 amide bonds. The Kier molecular flexibility index (Phi) is 5.69. The van der Waals surface area contributed by atoms with Gasteiger partial charge in [0.25, 0.3) is 0 Å². The molecule has 0 aliphatic rings. The van der Waals surface area contributed by atoms with Crippen LogP contribution in [-0.2, 0) is 4.79 Å². The molecule has 3 nitrogen and oxygen atoms in total. The number of carbonyl (C=O) groups is 1. The van der Waals surface area contributed by atoms with E-state index in [0.717, 1.165) is 11.8 Å². The van der Waals surface area contributed by atoms with Crippen molar-refractivity contribution >= 4 is 35.0 Å². The zero-order chi connectivity index (χ0) is 16.1. The number of methoxy groups -OCH3 is 1. The topological polar surface area (TPSA) is 38.3 Å². The lowest BCUT2D eigenvalue weighted by molar-refractivity contribution is -0.115. The summed E-state index contributed by atoms with van der Waals surface area (Å²) in [6, 6.07) is 11.3. The minimum atomic E-state index is -0.472. The summed E-state index contributed by atoms with van der Waals surface area (Å²) < 4.78 is 18.8. The second-order valence-corrected chi connectivity index (χ2v) is 6.34. The molecule has 6 heteroatoms. The van der Waals surface area contributed by atoms with Crippen molar-refractivity contribution in [2.75, 3.05) is 12.4 Å². The first-order chi connectivity index (χ1) is 10.5. The van der Waals surface area contributed by atoms with Gasteiger partial charge in [-0.25, -0.2) is 4.39 Å². The summed E-state index contributed by atoms with van der Waals surface area (Å²) >= 11 is 7.08. The first-order valence-electron chi connectivity index (χ1n) is 6.57. The third kappa shape index (κ3) is 4.15. The van der Waals surface area contributed by atoms with Crippen molar-refractivity contribution in [2.45, 2.75) is 17.1 Å². The summed E-state index contributed by atoms with van der Waals surface area (Å²) in [5.41, 5.74) is 0.487. The van der Waals surface area contributed by atoms with Gasteiger partial charge in [0.15, 0.2) is 0 Å². The van der Waals surface area contributed by atoms with Gasteiger partial charge >= 0.3 is 0 Å². The Hall–Kier alpha value is -1.72. The average molecular weight is 340 g/mol. The van der Waals surface area contributed by atoms with E-state index in [1.807, 2.05) is 0 Å². The molecule has 0 heterocycles. The predicted molar refractivity (Wildman–Crippen MR) is 88.4 cm³/mol. The van der Waals surface area contributed by atoms with Gasteiger partial charge in [-0.05, 0) is 37.3 Å². The van der Waals surface area contributed by atoms with Crippen molar-refractivity contribution < 1.29 is 13.9 Å². The largest absolute Gasteiger partial charge is 0.495 e. The van der Waals surface area contributed by atoms with Crippen molar-refractivity contribution in [1.82, 2.24) is 0 Å². The second kappa shape index (κ2) is 7.51. The molecule has 116 valence electrons. The van der Waals surface area contributed by atoms with Gasteiger partial charge in [-0.15, -0.1) is 11.8 Å². The minimum absolute atomic E-state index is 0.256. The van der Waals surface area contributed by atoms with Crippen LogP contribution in [0.5, 0.6) is 5.75 Å². The molecule has 1 N–H and O–H groups in total. The number of anilines is 1. The molecule has 0 radical (unpaired) electrons. The maximum Gasteiger partial charge on any atom is 0.237 e. The van der Waals surface area contributed by atoms with E-state index in [1.165, 1.54) is 13.2 Å². The Bertz CT molecular complexity index is 681. The van der Waals surface area contributed by atoms with E-state index in [2.05, 4.69) is 5.32 Å². The highest BCUT2D eigenvalue weighted by Gasteiger charge is 2.18. The SMILES string of the molecule is COc1ccc(Cl)cc1NC(=O)[C@@H](C)Sc1ccccc1F. The standard InChI is InChI=1S/C16H15ClFNO2S/c1-10(22-15-6-4-3-5-12(15)18)16(20)19-13-9-11(17)7-8-14(13)21-2/h3-10H,1-2H3,(H,19,20)/t10-/m1/s1. The fourth-order valence-electron chi connectivity index (χ4n) is 1.80. The summed E-state index contributed by atoms with van der Waals surface area (Å²) in [5, 5.41) is 2.77. The van der Waals surface area contributed by atoms with Gasteiger partial charge in [0.2, 0.25) is 5.91 Å². The van der Waals surface area contributed by atoms with E-state index < -0.39 is 5.25 Å². The Balaban J connectivity index is 2.09. The summed E-state index contributed by atoms with van der Waals surface area (Å²) in [4.78, 5) is 12.7. The lowest BCUT2D eigenvalue weighted by atomic mass is 10.3. The number of rotatable bonds is 5. The molecule has 2 aromatic carbocycles. The number of nitrogens with one attached hydrogen (secondary N) is 1. The molecule has 0 spiro atoms. The number of hydrogen-bond donors (Lipinski definition) is 1. The van der Waals surface area contributed by atoms with Crippen LogP contribution in [0.3, 0.4) is 0 Å². The normalized spacial score (nSPS) is 11.8. The van der Waals surface area contributed by atoms with Crippen LogP contribution in [0.4, 0.5) is 10.1 Å². The third-order valence-electron chi connectivity index (χ3n) is 2.93. The molecule has 1 atom stereocenters. The van der Waals surface area contributed by atoms with Crippen LogP contribution in [0.15, 0.2) is 47.4 Å². The van der Waals surface area contributed by atoms with Crippen LogP contribution in [0.25, 0.3) is 0 Å². The van der Waals surface area contributed by atoms with Crippen LogP contribution in [0, 0.1) is 5.82 Å². The summed E-state index contributed by atoms with van der Waals surface area (Å²) in [6.07, 6.45) is 0. The fraction of sp³-hybridized carbons (Fsp3) is 0.188. The number of ether oxygens (including phenoxy) is 1. The molecule has 0 fully saturated rings. The Morgan fingerprint density at radius 2 is 2.05 bits per heavy atom. The van der Waals surface area contributed by atoms with Crippen LogP contribution in [-0.4, -0.2) is 18.3 Å². The molecule has 22 heavy (non-hydrogen) atoms. The lowest BCUT2D eigenvalue weighted by Crippen LogP contribution is -2.22. The highest BCUT2D eigenvalue weighted by Crippen LogP contribution is 2.30. The lowest BCUT2D eigenvalue weighted by Gasteiger charge is -2.14. The predicted octanol–water partition coefficient (Wildman–Crippen LogP) is 4.61. The van der Waals surface area contributed by atoms with Crippen molar-refractivity contribution in [3.8, 4) is 5.75 Å². The van der Waals surface area contributed by atoms with E-state index in [1.54, 1.807) is 43.3 Å². The van der Waals surface area contributed by atoms with E-state index in [9.17, 15) is 9.18 Å². The molecule has 0 unspecified atom stereocenters. The Morgan fingerprint density at radius 3 is 2.73 bits per heavy atom. The number of amides is 1. The first kappa shape index (κ1) is 16.6. The van der Waals surface area contributed by atoms with E-state index in [0.29, 0.717) is 21.4 Å². The van der Waals surface area contributed by atoms with Gasteiger partial charge in [0, 0.05) is 9.92 Å². The number of hydrogen-bond acceptors (Lipinski definition) is 3. The fourth-order valence-corrected chi connectivity index (χ4v) is 2.85. The van der Waals surface area contributed by atoms with Crippen LogP contribution in [0.2, 0.25) is 5.02 Å². The van der Waals surface area contributed by atoms with Crippen LogP contribution < -0.4 is 10.1 Å². The van der Waals surface area contributed by atoms with Crippen molar-refractivity contribution in [2.24, 2.45) is 0 Å². The van der Waals surface area contributed by atoms with Crippen molar-refractivity contribution in [3.63, 3.8) is 0 Å². The van der Waals surface area contributed by atoms with Gasteiger partial charge in [-0.2, -0.15) is 0 Å². The van der Waals surface area contributed by atoms with Gasteiger partial charge in [-0.3, -0.25) is 4.79 Å². The molecule has 0 saturated carbocycles. The van der Waals surface area contributed by atoms with Crippen molar-refractivity contribution in [1.29, 1.82) is 0 Å². The molecule has 2 aromatic rings. The summed E-state index contributed by atoms with van der Waals surface area (Å²) in [6.45, 7) is 1.71. The van der Waals surface area contributed by atoms with E-state index >= 15 is 0 Å². The Morgan fingerprint density at radius 1 is 1.32 bits per heavy atom. The zero-order valence-corrected chi connectivity index (χ0v) is 13.7. The Labute approximate surface area is 137 Å². The molecule has 0 aliphatic carbocycles. The minimum Gasteiger partial charge on any atom is -0.495 e. The number of halogens is 2. The van der Waals surface area contributed by atoms with Gasteiger partial charge in [-0.1, -0.05) is 23.7 Å². The second-order valence-electron chi connectivity index (χ2n) is 4.52. The average Bonchev–Trinajstić information content (AvgIpc) is 2.49. The molecule has 2 rings (SSSR count). The molecule has 0 saturated heterocycles. The van der Waals surface area contributed by atoms with Gasteiger partial charge in [0.05, 0.1) is 18.0 Å². The zero-order valence-electron chi connectivity index (χ0n) is 12.1. The summed E-state index contributed by atoms with van der Waals surface area (Å²) in [5.74, 6) is -0.0813. The van der Waals surface area contributed by atoms with Gasteiger partial charge < -0.3 is 10.1 Å². The van der Waals surface area contributed by atoms with Crippen LogP contribution in [0.1, 0.15) is 6.92 Å². The summed E-state index contributed by atoms with van der Waals surface area (Å²) in [7, 11) is 1.51. The quantitative estimate of drug-likeness (QED) is 0.808. The smallest absolute Gasteiger partial charge is 0.237 e. The molecule has 0 aromatic heterocycles. The highest BCUT2D eigenvalue weighted by atomic mass is 35.5. The molecule has 0 bridgehead atoms. The van der Waals surface area contributed by atoms with Crippen LogP contribution >= 0.6 is 23.4 Å². The van der Waals surface area contributed by atoms with E-state index in [-0.39, 0.29) is 11.7 Å². The number of carbonyl (C=O) groups excluding carboxylic acids is 1. The monoisotopic (exact) mass is 339 g/mol. The third-order valence-corrected chi connectivity index (χ3v) is 4.32. The first-order valence-corrected chi connectivity index (χ1v) is 7.82. The maximum atomic E-state index is 13.6. The molecular weight excluding hydrogens is 325 g/mol. The van der Waals surface area contributed by atoms with E-state index in [4.69, 9.17) is 16.3 Å².